The van der Waals surface area contributed by atoms with Gasteiger partial charge in [0.15, 0.2) is 34.9 Å². The van der Waals surface area contributed by atoms with Gasteiger partial charge in [-0.05, 0) is 165 Å². The Hall–Kier alpha value is -9.06. The second-order valence-electron chi connectivity index (χ2n) is 26.1. The summed E-state index contributed by atoms with van der Waals surface area (Å²) < 4.78 is 148. The van der Waals surface area contributed by atoms with E-state index in [0.29, 0.717) is 61.1 Å². The Labute approximate surface area is 621 Å². The maximum atomic E-state index is 13.6. The molecule has 0 bridgehead atoms. The number of imide groups is 1. The Balaban J connectivity index is 0.000000253. The minimum atomic E-state index is -4.53. The number of carbonyl (C=O) groups excluding carboxylic acids is 2. The number of alkyl halides is 9. The lowest BCUT2D eigenvalue weighted by Crippen LogP contribution is -2.43. The summed E-state index contributed by atoms with van der Waals surface area (Å²) in [5.74, 6) is -0.260. The minimum absolute atomic E-state index is 0. The average Bonchev–Trinajstić information content (AvgIpc) is 0.797. The van der Waals surface area contributed by atoms with E-state index < -0.39 is 64.5 Å². The smallest absolute Gasteiger partial charge is 0.420 e. The third-order valence-corrected chi connectivity index (χ3v) is 15.9. The van der Waals surface area contributed by atoms with Gasteiger partial charge < -0.3 is 34.5 Å². The van der Waals surface area contributed by atoms with Crippen molar-refractivity contribution in [2.45, 2.75) is 150 Å². The number of aromatic nitrogens is 9. The molecular weight excluding hydrogens is 1470 g/mol. The summed E-state index contributed by atoms with van der Waals surface area (Å²) in [6.45, 7) is 20.0. The predicted octanol–water partition coefficient (Wildman–Crippen LogP) is 20.1. The molecule has 9 aromatic rings. The maximum Gasteiger partial charge on any atom is 0.420 e. The number of aliphatic hydroxyl groups is 1. The zero-order valence-corrected chi connectivity index (χ0v) is 62.6. The predicted molar refractivity (Wildman–Crippen MR) is 383 cm³/mol. The molecule has 0 unspecified atom stereocenters. The Morgan fingerprint density at radius 2 is 0.705 bits per heavy atom. The van der Waals surface area contributed by atoms with Gasteiger partial charge in [-0.3, -0.25) is 0 Å². The molecule has 0 spiro atoms. The molecule has 19 nitrogen and oxygen atoms in total. The Bertz CT molecular complexity index is 4380. The highest BCUT2D eigenvalue weighted by Gasteiger charge is 2.38. The molecule has 105 heavy (non-hydrogen) atoms. The SMILES string of the molecule is COc1nc(-c2ccc(C(F)(F)F)c(C(C)C)c2)nc(-c2cc(CN(C(=O)OC(C)(C)C)C(=O)OC(C)(C)C)ccc2Cl)n1.COc1nc(-c2ccc(C(F)(F)F)c(C(C)C)c2)nc(-c2cc(CN)ccc2Cl)n1.COc1nc(-c2ccc(C(F)(F)F)c(C(C)C)c2)nc(-c2cc(CO)ccc2Cl)n1.Cl. The number of halogens is 13. The molecule has 0 atom stereocenters. The maximum absolute atomic E-state index is 13.6. The number of carbonyl (C=O) groups is 2. The van der Waals surface area contributed by atoms with E-state index in [-0.39, 0.29) is 112 Å². The lowest BCUT2D eigenvalue weighted by molar-refractivity contribution is -0.139. The molecule has 3 aromatic heterocycles. The van der Waals surface area contributed by atoms with Crippen LogP contribution >= 0.6 is 47.2 Å². The molecule has 9 rings (SSSR count). The van der Waals surface area contributed by atoms with Gasteiger partial charge >= 0.3 is 48.7 Å². The third-order valence-electron chi connectivity index (χ3n) is 14.9. The van der Waals surface area contributed by atoms with Gasteiger partial charge in [0.1, 0.15) is 11.2 Å². The molecule has 0 saturated carbocycles. The lowest BCUT2D eigenvalue weighted by Gasteiger charge is -2.28. The van der Waals surface area contributed by atoms with Crippen LogP contribution in [0, 0.1) is 0 Å². The van der Waals surface area contributed by atoms with Crippen molar-refractivity contribution < 1.29 is 77.9 Å². The quantitative estimate of drug-likeness (QED) is 0.0854. The zero-order chi connectivity index (χ0) is 77.3. The van der Waals surface area contributed by atoms with Gasteiger partial charge in [0.25, 0.3) is 0 Å². The first-order chi connectivity index (χ1) is 48.4. The number of ether oxygens (including phenoxy) is 5. The number of methoxy groups -OCH3 is 3. The Morgan fingerprint density at radius 3 is 0.971 bits per heavy atom. The molecule has 32 heteroatoms. The van der Waals surface area contributed by atoms with E-state index in [2.05, 4.69) is 44.9 Å². The molecule has 0 fully saturated rings. The molecule has 0 saturated heterocycles. The summed E-state index contributed by atoms with van der Waals surface area (Å²) >= 11 is 19.1. The van der Waals surface area contributed by atoms with E-state index in [4.69, 9.17) is 64.2 Å². The van der Waals surface area contributed by atoms with Crippen LogP contribution in [0.4, 0.5) is 49.1 Å². The van der Waals surface area contributed by atoms with Gasteiger partial charge in [-0.2, -0.15) is 69.4 Å². The summed E-state index contributed by atoms with van der Waals surface area (Å²) in [6, 6.07) is 26.1. The number of nitrogens with zero attached hydrogens (tertiary/aromatic N) is 10. The number of nitrogens with two attached hydrogens (primary N) is 1. The van der Waals surface area contributed by atoms with Crippen molar-refractivity contribution in [1.29, 1.82) is 0 Å². The van der Waals surface area contributed by atoms with Crippen molar-refractivity contribution in [1.82, 2.24) is 49.8 Å². The number of amides is 2. The highest BCUT2D eigenvalue weighted by atomic mass is 35.5. The molecule has 3 heterocycles. The van der Waals surface area contributed by atoms with Gasteiger partial charge in [-0.1, -0.05) is 113 Å². The van der Waals surface area contributed by atoms with Crippen molar-refractivity contribution in [2.75, 3.05) is 21.3 Å². The van der Waals surface area contributed by atoms with E-state index in [1.165, 1.54) is 57.7 Å². The fourth-order valence-corrected chi connectivity index (χ4v) is 10.6. The number of rotatable bonds is 16. The summed E-state index contributed by atoms with van der Waals surface area (Å²) in [5, 5.41) is 10.4. The van der Waals surface area contributed by atoms with Crippen molar-refractivity contribution in [2.24, 2.45) is 5.73 Å². The Morgan fingerprint density at radius 1 is 0.429 bits per heavy atom. The molecule has 562 valence electrons. The van der Waals surface area contributed by atoms with Crippen LogP contribution < -0.4 is 19.9 Å². The van der Waals surface area contributed by atoms with Crippen molar-refractivity contribution >= 4 is 59.4 Å². The fourth-order valence-electron chi connectivity index (χ4n) is 9.98. The van der Waals surface area contributed by atoms with Crippen molar-refractivity contribution in [3.8, 4) is 86.4 Å². The van der Waals surface area contributed by atoms with Gasteiger partial charge in [0, 0.05) is 39.9 Å². The Kier molecular flexibility index (Phi) is 28.2. The van der Waals surface area contributed by atoms with Crippen LogP contribution in [0.1, 0.15) is 151 Å². The van der Waals surface area contributed by atoms with Gasteiger partial charge in [0.2, 0.25) is 0 Å². The van der Waals surface area contributed by atoms with Crippen LogP contribution in [0.25, 0.3) is 68.3 Å². The molecule has 0 radical (unpaired) electrons. The third kappa shape index (κ3) is 22.5. The summed E-state index contributed by atoms with van der Waals surface area (Å²) in [5.41, 5.74) is 6.49. The first kappa shape index (κ1) is 84.9. The van der Waals surface area contributed by atoms with Crippen molar-refractivity contribution in [3.05, 3.63) is 174 Å². The topological polar surface area (TPSA) is 246 Å². The van der Waals surface area contributed by atoms with Crippen LogP contribution in [0.15, 0.2) is 109 Å². The highest BCUT2D eigenvalue weighted by molar-refractivity contribution is 6.34. The molecule has 2 amide bonds. The largest absolute Gasteiger partial charge is 0.467 e. The first-order valence-electron chi connectivity index (χ1n) is 31.9. The van der Waals surface area contributed by atoms with E-state index >= 15 is 0 Å². The van der Waals surface area contributed by atoms with Gasteiger partial charge in [-0.25, -0.2) is 29.4 Å². The number of aliphatic hydroxyl groups excluding tert-OH is 1. The summed E-state index contributed by atoms with van der Waals surface area (Å²) in [4.78, 5) is 65.6. The van der Waals surface area contributed by atoms with E-state index in [1.54, 1.807) is 138 Å². The molecule has 3 N–H and O–H groups in total. The molecule has 0 aliphatic carbocycles. The fraction of sp³-hybridized carbons (Fsp3) is 0.356. The van der Waals surface area contributed by atoms with E-state index in [1.807, 2.05) is 0 Å². The second kappa shape index (κ2) is 34.9. The lowest BCUT2D eigenvalue weighted by atomic mass is 9.94. The van der Waals surface area contributed by atoms with Crippen LogP contribution in [0.5, 0.6) is 18.0 Å². The summed E-state index contributed by atoms with van der Waals surface area (Å²) in [7, 11) is 4.11. The van der Waals surface area contributed by atoms with Crippen LogP contribution in [0.2, 0.25) is 15.1 Å². The highest BCUT2D eigenvalue weighted by Crippen LogP contribution is 2.42. The summed E-state index contributed by atoms with van der Waals surface area (Å²) in [6.07, 6.45) is -15.2. The van der Waals surface area contributed by atoms with Gasteiger partial charge in [0.05, 0.1) is 66.2 Å². The van der Waals surface area contributed by atoms with Crippen LogP contribution in [-0.2, 0) is 47.7 Å². The zero-order valence-electron chi connectivity index (χ0n) is 59.5. The number of benzene rings is 6. The first-order valence-corrected chi connectivity index (χ1v) is 33.0. The number of hydrogen-bond donors (Lipinski definition) is 2. The van der Waals surface area contributed by atoms with Crippen LogP contribution in [0.3, 0.4) is 0 Å². The molecule has 0 aliphatic rings. The standard InChI is InChI=1S/C31H36ClF3N4O5.C21H20ClF3N4O.C21H19ClF3N3O2.ClH/c1-17(2)20-15-19(11-12-22(20)31(33,34)35)24-36-25(38-26(37-24)42-9)21-14-18(10-13-23(21)32)16-39(27(40)43-29(3,4)5)28(41)44-30(6,7)8;1-11(2)14-9-13(5-6-16(14)21(23,24)25)18-27-19(29-20(28-18)30-3)15-8-12(10-26)4-7-17(15)22;1-11(2)14-9-13(5-6-16(14)21(23,24)25)18-26-19(28-20(27-18)30-3)15-8-12(10-29)4-7-17(15)22;/h10-15,17H,16H2,1-9H3;4-9,11H,10,26H2,1-3H3;4-9,11,29H,10H2,1-3H3;1H. The molecule has 0 aliphatic heterocycles. The molecular formula is C73H76Cl4F9N11O8. The number of hydrogen-bond acceptors (Lipinski definition) is 18. The van der Waals surface area contributed by atoms with Gasteiger partial charge in [-0.15, -0.1) is 12.4 Å². The molecule has 6 aromatic carbocycles. The second-order valence-corrected chi connectivity index (χ2v) is 27.3. The average molecular weight is 1550 g/mol. The van der Waals surface area contributed by atoms with E-state index in [0.717, 1.165) is 28.7 Å². The van der Waals surface area contributed by atoms with Crippen LogP contribution in [-0.4, -0.2) is 99.6 Å². The van der Waals surface area contributed by atoms with Crippen molar-refractivity contribution in [3.63, 3.8) is 0 Å². The van der Waals surface area contributed by atoms with E-state index in [9.17, 15) is 54.2 Å². The normalized spacial score (nSPS) is 11.8. The monoisotopic (exact) mass is 1550 g/mol. The minimum Gasteiger partial charge on any atom is -0.467 e.